The van der Waals surface area contributed by atoms with Gasteiger partial charge in [-0.1, -0.05) is 27.2 Å². The van der Waals surface area contributed by atoms with Crippen LogP contribution in [0.3, 0.4) is 0 Å². The minimum absolute atomic E-state index is 0.0749. The van der Waals surface area contributed by atoms with Crippen molar-refractivity contribution in [3.8, 4) is 0 Å². The molecule has 0 heterocycles. The van der Waals surface area contributed by atoms with Crippen molar-refractivity contribution in [2.45, 2.75) is 39.7 Å². The molecule has 0 aromatic carbocycles. The average Bonchev–Trinajstić information content (AvgIpc) is 2.00. The summed E-state index contributed by atoms with van der Waals surface area (Å²) in [6, 6.07) is -0.211. The van der Waals surface area contributed by atoms with Gasteiger partial charge in [0.2, 0.25) is 0 Å². The number of nitrogens with two attached hydrogens (primary N) is 1. The van der Waals surface area contributed by atoms with Gasteiger partial charge in [-0.15, -0.1) is 0 Å². The van der Waals surface area contributed by atoms with E-state index < -0.39 is 5.97 Å². The summed E-state index contributed by atoms with van der Waals surface area (Å²) in [5.74, 6) is -0.0249. The molecule has 0 radical (unpaired) electrons. The van der Waals surface area contributed by atoms with Crippen molar-refractivity contribution in [3.05, 3.63) is 0 Å². The molecule has 0 bridgehead atoms. The van der Waals surface area contributed by atoms with Gasteiger partial charge in [0.25, 0.3) is 0 Å². The molecule has 3 heteroatoms. The zero-order valence-electron chi connectivity index (χ0n) is 8.08. The third kappa shape index (κ3) is 3.72. The van der Waals surface area contributed by atoms with E-state index in [1.54, 1.807) is 0 Å². The molecule has 3 nitrogen and oxygen atoms in total. The van der Waals surface area contributed by atoms with Crippen molar-refractivity contribution in [1.29, 1.82) is 0 Å². The fraction of sp³-hybridized carbons (Fsp3) is 0.889. The average molecular weight is 173 g/mol. The summed E-state index contributed by atoms with van der Waals surface area (Å²) >= 11 is 0. The lowest BCUT2D eigenvalue weighted by molar-refractivity contribution is -0.137. The molecular formula is C9H19NO2. The Morgan fingerprint density at radius 3 is 2.33 bits per heavy atom. The third-order valence-corrected chi connectivity index (χ3v) is 2.63. The molecular weight excluding hydrogens is 154 g/mol. The van der Waals surface area contributed by atoms with E-state index in [-0.39, 0.29) is 18.4 Å². The Morgan fingerprint density at radius 1 is 1.50 bits per heavy atom. The van der Waals surface area contributed by atoms with Crippen molar-refractivity contribution in [2.75, 3.05) is 0 Å². The van der Waals surface area contributed by atoms with Gasteiger partial charge in [-0.25, -0.2) is 0 Å². The van der Waals surface area contributed by atoms with E-state index in [4.69, 9.17) is 10.8 Å². The number of carboxylic acids is 1. The summed E-state index contributed by atoms with van der Waals surface area (Å²) in [6.07, 6.45) is 1.12. The van der Waals surface area contributed by atoms with E-state index in [1.165, 1.54) is 0 Å². The molecule has 0 unspecified atom stereocenters. The molecule has 3 atom stereocenters. The summed E-state index contributed by atoms with van der Waals surface area (Å²) in [4.78, 5) is 10.3. The maximum Gasteiger partial charge on any atom is 0.304 e. The van der Waals surface area contributed by atoms with Gasteiger partial charge in [-0.2, -0.15) is 0 Å². The van der Waals surface area contributed by atoms with Crippen molar-refractivity contribution in [1.82, 2.24) is 0 Å². The fourth-order valence-corrected chi connectivity index (χ4v) is 1.18. The molecule has 12 heavy (non-hydrogen) atoms. The highest BCUT2D eigenvalue weighted by Gasteiger charge is 2.20. The van der Waals surface area contributed by atoms with Crippen molar-refractivity contribution in [3.63, 3.8) is 0 Å². The lowest BCUT2D eigenvalue weighted by Gasteiger charge is -2.23. The van der Waals surface area contributed by atoms with Crippen LogP contribution in [0.15, 0.2) is 0 Å². The number of aliphatic carboxylic acids is 1. The first-order valence-electron chi connectivity index (χ1n) is 4.46. The Balaban J connectivity index is 3.91. The third-order valence-electron chi connectivity index (χ3n) is 2.63. The van der Waals surface area contributed by atoms with Crippen molar-refractivity contribution in [2.24, 2.45) is 17.6 Å². The maximum atomic E-state index is 10.3. The monoisotopic (exact) mass is 173 g/mol. The van der Waals surface area contributed by atoms with Gasteiger partial charge in [0.1, 0.15) is 0 Å². The number of hydrogen-bond acceptors (Lipinski definition) is 2. The molecule has 72 valence electrons. The predicted octanol–water partition coefficient (Wildman–Crippen LogP) is 1.47. The Morgan fingerprint density at radius 2 is 2.00 bits per heavy atom. The molecule has 0 aliphatic heterocycles. The molecule has 3 N–H and O–H groups in total. The van der Waals surface area contributed by atoms with Gasteiger partial charge in [0, 0.05) is 6.04 Å². The second kappa shape index (κ2) is 5.14. The van der Waals surface area contributed by atoms with Crippen molar-refractivity contribution >= 4 is 5.97 Å². The first-order chi connectivity index (χ1) is 5.49. The largest absolute Gasteiger partial charge is 0.481 e. The molecule has 0 rings (SSSR count). The first kappa shape index (κ1) is 11.4. The molecule has 0 aromatic rings. The van der Waals surface area contributed by atoms with Gasteiger partial charge in [-0.3, -0.25) is 4.79 Å². The van der Waals surface area contributed by atoms with Crippen LogP contribution in [0, 0.1) is 11.8 Å². The van der Waals surface area contributed by atoms with Crippen LogP contribution in [0.25, 0.3) is 0 Å². The smallest absolute Gasteiger partial charge is 0.304 e. The van der Waals surface area contributed by atoms with Crippen LogP contribution in [0.1, 0.15) is 33.6 Å². The molecule has 0 spiro atoms. The summed E-state index contributed by atoms with van der Waals surface area (Å²) in [5, 5.41) is 8.51. The van der Waals surface area contributed by atoms with Gasteiger partial charge < -0.3 is 10.8 Å². The topological polar surface area (TPSA) is 63.3 Å². The fourth-order valence-electron chi connectivity index (χ4n) is 1.18. The highest BCUT2D eigenvalue weighted by Crippen LogP contribution is 2.18. The van der Waals surface area contributed by atoms with E-state index in [0.29, 0.717) is 5.92 Å². The van der Waals surface area contributed by atoms with Crippen LogP contribution in [0.2, 0.25) is 0 Å². The van der Waals surface area contributed by atoms with Gasteiger partial charge >= 0.3 is 5.97 Å². The van der Waals surface area contributed by atoms with Crippen LogP contribution in [-0.4, -0.2) is 17.1 Å². The Kier molecular flexibility index (Phi) is 4.90. The molecule has 0 saturated carbocycles. The lowest BCUT2D eigenvalue weighted by atomic mass is 9.86. The van der Waals surface area contributed by atoms with E-state index in [0.717, 1.165) is 6.42 Å². The number of carboxylic acid groups (broad SMARTS) is 1. The van der Waals surface area contributed by atoms with Gasteiger partial charge in [0.05, 0.1) is 6.42 Å². The van der Waals surface area contributed by atoms with Crippen LogP contribution in [-0.2, 0) is 4.79 Å². The minimum atomic E-state index is -0.808. The van der Waals surface area contributed by atoms with E-state index in [2.05, 4.69) is 13.8 Å². The SMILES string of the molecule is CC[C@@H](C)[C@@H](C)[C@H](N)CC(=O)O. The quantitative estimate of drug-likeness (QED) is 0.661. The Hall–Kier alpha value is -0.570. The zero-order valence-corrected chi connectivity index (χ0v) is 8.08. The molecule has 0 aliphatic rings. The van der Waals surface area contributed by atoms with E-state index in [1.807, 2.05) is 6.92 Å². The molecule has 0 saturated heterocycles. The van der Waals surface area contributed by atoms with E-state index in [9.17, 15) is 4.79 Å². The van der Waals surface area contributed by atoms with Crippen molar-refractivity contribution < 1.29 is 9.90 Å². The first-order valence-corrected chi connectivity index (χ1v) is 4.46. The number of rotatable bonds is 5. The number of carbonyl (C=O) groups is 1. The second-order valence-corrected chi connectivity index (χ2v) is 3.51. The zero-order chi connectivity index (χ0) is 9.72. The van der Waals surface area contributed by atoms with Gasteiger partial charge in [0.15, 0.2) is 0 Å². The summed E-state index contributed by atoms with van der Waals surface area (Å²) in [5.41, 5.74) is 5.71. The van der Waals surface area contributed by atoms with Crippen LogP contribution >= 0.6 is 0 Å². The summed E-state index contributed by atoms with van der Waals surface area (Å²) in [7, 11) is 0. The standard InChI is InChI=1S/C9H19NO2/c1-4-6(2)7(3)8(10)5-9(11)12/h6-8H,4-5,10H2,1-3H3,(H,11,12)/t6-,7-,8-/m1/s1. The molecule has 0 amide bonds. The number of hydrogen-bond donors (Lipinski definition) is 2. The van der Waals surface area contributed by atoms with E-state index >= 15 is 0 Å². The molecule has 0 fully saturated rings. The molecule has 0 aromatic heterocycles. The lowest BCUT2D eigenvalue weighted by Crippen LogP contribution is -2.34. The summed E-state index contributed by atoms with van der Waals surface area (Å²) < 4.78 is 0. The predicted molar refractivity (Wildman–Crippen MR) is 48.8 cm³/mol. The van der Waals surface area contributed by atoms with Crippen LogP contribution in [0.4, 0.5) is 0 Å². The maximum absolute atomic E-state index is 10.3. The second-order valence-electron chi connectivity index (χ2n) is 3.51. The molecule has 0 aliphatic carbocycles. The summed E-state index contributed by atoms with van der Waals surface area (Å²) in [6.45, 7) is 6.21. The Labute approximate surface area is 74.0 Å². The Bertz CT molecular complexity index is 147. The highest BCUT2D eigenvalue weighted by atomic mass is 16.4. The van der Waals surface area contributed by atoms with Gasteiger partial charge in [-0.05, 0) is 11.8 Å². The normalized spacial score (nSPS) is 18.3. The minimum Gasteiger partial charge on any atom is -0.481 e. The van der Waals surface area contributed by atoms with Crippen LogP contribution in [0.5, 0.6) is 0 Å². The van der Waals surface area contributed by atoms with Crippen LogP contribution < -0.4 is 5.73 Å². The highest BCUT2D eigenvalue weighted by molar-refractivity contribution is 5.67.